The smallest absolute Gasteiger partial charge is 0.348 e. The molecule has 2 aromatic rings. The van der Waals surface area contributed by atoms with Gasteiger partial charge in [0.1, 0.15) is 6.10 Å². The van der Waals surface area contributed by atoms with E-state index in [0.717, 1.165) is 40.6 Å². The maximum Gasteiger partial charge on any atom is 0.348 e. The zero-order valence-electron chi connectivity index (χ0n) is 17.2. The first-order valence-electron chi connectivity index (χ1n) is 10.2. The van der Waals surface area contributed by atoms with Gasteiger partial charge in [-0.15, -0.1) is 0 Å². The number of aromatic nitrogens is 2. The van der Waals surface area contributed by atoms with Gasteiger partial charge in [0.25, 0.3) is 5.82 Å². The Bertz CT molecular complexity index is 827. The van der Waals surface area contributed by atoms with Crippen molar-refractivity contribution in [2.75, 3.05) is 0 Å². The number of esters is 1. The molecule has 1 aliphatic rings. The van der Waals surface area contributed by atoms with E-state index in [4.69, 9.17) is 4.74 Å². The Kier molecular flexibility index (Phi) is 6.29. The summed E-state index contributed by atoms with van der Waals surface area (Å²) in [5.74, 6) is 2.67. The molecule has 3 atom stereocenters. The van der Waals surface area contributed by atoms with Crippen molar-refractivity contribution in [1.29, 1.82) is 0 Å². The van der Waals surface area contributed by atoms with E-state index in [1.807, 2.05) is 6.07 Å². The second-order valence-corrected chi connectivity index (χ2v) is 9.32. The Morgan fingerprint density at radius 2 is 2.11 bits per heavy atom. The first-order valence-corrected chi connectivity index (χ1v) is 11.0. The minimum atomic E-state index is -0.119. The summed E-state index contributed by atoms with van der Waals surface area (Å²) < 4.78 is 11.4. The van der Waals surface area contributed by atoms with E-state index in [-0.39, 0.29) is 18.6 Å². The van der Waals surface area contributed by atoms with Crippen LogP contribution < -0.4 is 4.57 Å². The van der Waals surface area contributed by atoms with Crippen LogP contribution >= 0.6 is 15.9 Å². The van der Waals surface area contributed by atoms with Crippen LogP contribution in [-0.4, -0.2) is 16.6 Å². The summed E-state index contributed by atoms with van der Waals surface area (Å²) in [5.41, 5.74) is 2.20. The monoisotopic (exact) mass is 435 g/mol. The molecule has 1 aromatic heterocycles. The molecule has 3 rings (SSSR count). The molecule has 0 amide bonds. The molecule has 1 heterocycles. The molecule has 27 heavy (non-hydrogen) atoms. The topological polar surface area (TPSA) is 35.1 Å². The third-order valence-electron chi connectivity index (χ3n) is 6.14. The van der Waals surface area contributed by atoms with E-state index < -0.39 is 0 Å². The van der Waals surface area contributed by atoms with Crippen LogP contribution in [0.15, 0.2) is 22.7 Å². The minimum Gasteiger partial charge on any atom is -0.459 e. The standard InChI is InChI=1S/C22H32BrN2O2/c1-6-21-24(5)18-10-8-16(23)12-19(18)25(21)13-22(26)27-20-11-15(4)7-9-17(20)14(2)3/h8,10,12,14-15,17,20H,6-7,9,11,13H2,1-5H3/q+1/t15-,17+,20?/m1/s1. The van der Waals surface area contributed by atoms with Gasteiger partial charge >= 0.3 is 5.97 Å². The molecule has 0 aliphatic heterocycles. The third kappa shape index (κ3) is 4.23. The van der Waals surface area contributed by atoms with Gasteiger partial charge in [0.15, 0.2) is 17.6 Å². The fourth-order valence-electron chi connectivity index (χ4n) is 4.65. The van der Waals surface area contributed by atoms with Crippen LogP contribution in [0.25, 0.3) is 11.0 Å². The summed E-state index contributed by atoms with van der Waals surface area (Å²) in [5, 5.41) is 0. The number of benzene rings is 1. The number of hydrogen-bond acceptors (Lipinski definition) is 2. The Labute approximate surface area is 171 Å². The fourth-order valence-corrected chi connectivity index (χ4v) is 4.99. The number of fused-ring (bicyclic) bond motifs is 1. The molecule has 0 saturated heterocycles. The number of rotatable bonds is 5. The van der Waals surface area contributed by atoms with Crippen LogP contribution in [0, 0.1) is 17.8 Å². The van der Waals surface area contributed by atoms with Crippen LogP contribution in [0.2, 0.25) is 0 Å². The molecule has 1 aliphatic carbocycles. The molecule has 0 radical (unpaired) electrons. The Hall–Kier alpha value is -1.36. The van der Waals surface area contributed by atoms with Crippen LogP contribution in [0.5, 0.6) is 0 Å². The minimum absolute atomic E-state index is 0.0497. The van der Waals surface area contributed by atoms with Crippen LogP contribution in [0.3, 0.4) is 0 Å². The lowest BCUT2D eigenvalue weighted by molar-refractivity contribution is -0.653. The molecule has 5 heteroatoms. The third-order valence-corrected chi connectivity index (χ3v) is 6.63. The fraction of sp³-hybridized carbons (Fsp3) is 0.636. The Morgan fingerprint density at radius 3 is 2.78 bits per heavy atom. The lowest BCUT2D eigenvalue weighted by Gasteiger charge is -2.36. The molecule has 0 bridgehead atoms. The van der Waals surface area contributed by atoms with E-state index in [0.29, 0.717) is 17.8 Å². The van der Waals surface area contributed by atoms with E-state index in [9.17, 15) is 4.79 Å². The van der Waals surface area contributed by atoms with Crippen LogP contribution in [0.1, 0.15) is 52.8 Å². The largest absolute Gasteiger partial charge is 0.459 e. The molecular formula is C22H32BrN2O2+. The predicted octanol–water partition coefficient (Wildman–Crippen LogP) is 4.79. The lowest BCUT2D eigenvalue weighted by atomic mass is 9.75. The number of halogens is 1. The molecule has 0 spiro atoms. The van der Waals surface area contributed by atoms with Crippen molar-refractivity contribution in [3.63, 3.8) is 0 Å². The van der Waals surface area contributed by atoms with Crippen molar-refractivity contribution in [1.82, 2.24) is 4.57 Å². The van der Waals surface area contributed by atoms with Crippen molar-refractivity contribution in [2.24, 2.45) is 24.8 Å². The number of ether oxygens (including phenoxy) is 1. The first-order chi connectivity index (χ1) is 12.8. The second-order valence-electron chi connectivity index (χ2n) is 8.40. The van der Waals surface area contributed by atoms with E-state index in [2.05, 4.69) is 71.9 Å². The van der Waals surface area contributed by atoms with Gasteiger partial charge in [-0.3, -0.25) is 0 Å². The number of hydrogen-bond donors (Lipinski definition) is 0. The van der Waals surface area contributed by atoms with Gasteiger partial charge in [0, 0.05) is 17.0 Å². The molecule has 1 fully saturated rings. The Morgan fingerprint density at radius 1 is 1.37 bits per heavy atom. The average molecular weight is 436 g/mol. The zero-order chi connectivity index (χ0) is 19.7. The molecule has 0 N–H and O–H groups in total. The SMILES string of the molecule is CCc1n(CC(=O)OC2C[C@H](C)CC[C@H]2C(C)C)c2cc(Br)ccc2[n+]1C. The highest BCUT2D eigenvalue weighted by Gasteiger charge is 2.34. The Balaban J connectivity index is 1.84. The maximum atomic E-state index is 12.9. The summed E-state index contributed by atoms with van der Waals surface area (Å²) in [6.07, 6.45) is 4.30. The van der Waals surface area contributed by atoms with Gasteiger partial charge < -0.3 is 4.74 Å². The van der Waals surface area contributed by atoms with E-state index in [1.165, 1.54) is 6.42 Å². The summed E-state index contributed by atoms with van der Waals surface area (Å²) in [6.45, 7) is 9.15. The summed E-state index contributed by atoms with van der Waals surface area (Å²) >= 11 is 3.56. The normalized spacial score (nSPS) is 23.1. The average Bonchev–Trinajstić information content (AvgIpc) is 2.85. The lowest BCUT2D eigenvalue weighted by Crippen LogP contribution is -2.37. The summed E-state index contributed by atoms with van der Waals surface area (Å²) in [7, 11) is 2.06. The molecule has 1 saturated carbocycles. The summed E-state index contributed by atoms with van der Waals surface area (Å²) in [4.78, 5) is 12.9. The number of aryl methyl sites for hydroxylation is 1. The van der Waals surface area contributed by atoms with Gasteiger partial charge in [-0.25, -0.2) is 13.9 Å². The van der Waals surface area contributed by atoms with Gasteiger partial charge in [-0.05, 0) is 42.7 Å². The first kappa shape index (κ1) is 20.4. The highest BCUT2D eigenvalue weighted by atomic mass is 79.9. The van der Waals surface area contributed by atoms with Crippen LogP contribution in [0.4, 0.5) is 0 Å². The zero-order valence-corrected chi connectivity index (χ0v) is 18.8. The highest BCUT2D eigenvalue weighted by molar-refractivity contribution is 9.10. The molecule has 4 nitrogen and oxygen atoms in total. The quantitative estimate of drug-likeness (QED) is 0.499. The van der Waals surface area contributed by atoms with Gasteiger partial charge in [0.05, 0.1) is 7.05 Å². The number of nitrogens with zero attached hydrogens (tertiary/aromatic N) is 2. The van der Waals surface area contributed by atoms with Gasteiger partial charge in [-0.1, -0.05) is 50.0 Å². The van der Waals surface area contributed by atoms with Crippen molar-refractivity contribution in [2.45, 2.75) is 66.0 Å². The molecular weight excluding hydrogens is 404 g/mol. The number of carbonyl (C=O) groups is 1. The van der Waals surface area contributed by atoms with Crippen molar-refractivity contribution < 1.29 is 14.1 Å². The van der Waals surface area contributed by atoms with Crippen molar-refractivity contribution in [3.8, 4) is 0 Å². The molecule has 1 unspecified atom stereocenters. The predicted molar refractivity (Wildman–Crippen MR) is 111 cm³/mol. The second kappa shape index (κ2) is 8.34. The van der Waals surface area contributed by atoms with E-state index in [1.54, 1.807) is 0 Å². The van der Waals surface area contributed by atoms with Crippen molar-refractivity contribution >= 4 is 32.9 Å². The number of carbonyl (C=O) groups excluding carboxylic acids is 1. The molecule has 148 valence electrons. The van der Waals surface area contributed by atoms with E-state index >= 15 is 0 Å². The highest BCUT2D eigenvalue weighted by Crippen LogP contribution is 2.35. The summed E-state index contributed by atoms with van der Waals surface area (Å²) in [6, 6.07) is 6.22. The van der Waals surface area contributed by atoms with Crippen LogP contribution in [-0.2, 0) is 29.5 Å². The van der Waals surface area contributed by atoms with Gasteiger partial charge in [0.2, 0.25) is 0 Å². The maximum absolute atomic E-state index is 12.9. The number of imidazole rings is 1. The van der Waals surface area contributed by atoms with Gasteiger partial charge in [-0.2, -0.15) is 0 Å². The molecule has 1 aromatic carbocycles. The van der Waals surface area contributed by atoms with Crippen molar-refractivity contribution in [3.05, 3.63) is 28.5 Å².